The Hall–Kier alpha value is -1.95. The van der Waals surface area contributed by atoms with Gasteiger partial charge in [-0.1, -0.05) is 12.1 Å². The van der Waals surface area contributed by atoms with E-state index in [0.29, 0.717) is 6.54 Å². The average Bonchev–Trinajstić information content (AvgIpc) is 2.27. The Labute approximate surface area is 92.4 Å². The van der Waals surface area contributed by atoms with Crippen molar-refractivity contribution >= 4 is 11.6 Å². The third-order valence-electron chi connectivity index (χ3n) is 1.91. The molecular weight excluding hydrogens is 212 g/mol. The molecule has 0 unspecified atom stereocenters. The SMILES string of the molecule is COCC(=O)NCc1ccc([N+](=O)[O-])cc1. The number of nitrogens with zero attached hydrogens (tertiary/aromatic N) is 1. The number of nitrogens with one attached hydrogen (secondary N) is 1. The number of carbonyl (C=O) groups excluding carboxylic acids is 1. The van der Waals surface area contributed by atoms with Crippen LogP contribution in [0.4, 0.5) is 5.69 Å². The maximum Gasteiger partial charge on any atom is 0.269 e. The van der Waals surface area contributed by atoms with E-state index in [1.807, 2.05) is 0 Å². The van der Waals surface area contributed by atoms with Crippen molar-refractivity contribution < 1.29 is 14.5 Å². The fourth-order valence-electron chi connectivity index (χ4n) is 1.12. The molecule has 0 aliphatic heterocycles. The molecule has 1 amide bonds. The van der Waals surface area contributed by atoms with Crippen LogP contribution in [-0.4, -0.2) is 24.5 Å². The highest BCUT2D eigenvalue weighted by molar-refractivity contribution is 5.77. The highest BCUT2D eigenvalue weighted by Gasteiger charge is 2.04. The lowest BCUT2D eigenvalue weighted by Gasteiger charge is -2.03. The minimum Gasteiger partial charge on any atom is -0.375 e. The Morgan fingerprint density at radius 1 is 1.44 bits per heavy atom. The summed E-state index contributed by atoms with van der Waals surface area (Å²) < 4.78 is 4.64. The van der Waals surface area contributed by atoms with Gasteiger partial charge in [-0.2, -0.15) is 0 Å². The molecule has 0 aliphatic rings. The molecule has 1 N–H and O–H groups in total. The monoisotopic (exact) mass is 224 g/mol. The summed E-state index contributed by atoms with van der Waals surface area (Å²) in [5.41, 5.74) is 0.835. The number of methoxy groups -OCH3 is 1. The Kier molecular flexibility index (Phi) is 4.41. The number of hydrogen-bond donors (Lipinski definition) is 1. The molecule has 86 valence electrons. The third kappa shape index (κ3) is 3.66. The van der Waals surface area contributed by atoms with E-state index in [1.165, 1.54) is 19.2 Å². The van der Waals surface area contributed by atoms with Crippen molar-refractivity contribution in [2.75, 3.05) is 13.7 Å². The third-order valence-corrected chi connectivity index (χ3v) is 1.91. The highest BCUT2D eigenvalue weighted by atomic mass is 16.6. The van der Waals surface area contributed by atoms with Crippen LogP contribution >= 0.6 is 0 Å². The number of non-ortho nitro benzene ring substituents is 1. The van der Waals surface area contributed by atoms with E-state index in [4.69, 9.17) is 0 Å². The van der Waals surface area contributed by atoms with E-state index in [9.17, 15) is 14.9 Å². The van der Waals surface area contributed by atoms with E-state index in [1.54, 1.807) is 12.1 Å². The molecule has 0 heterocycles. The molecule has 1 aromatic carbocycles. The predicted molar refractivity (Wildman–Crippen MR) is 56.8 cm³/mol. The lowest BCUT2D eigenvalue weighted by atomic mass is 10.2. The van der Waals surface area contributed by atoms with Crippen molar-refractivity contribution in [1.82, 2.24) is 5.32 Å². The summed E-state index contributed by atoms with van der Waals surface area (Å²) in [6, 6.07) is 6.01. The maximum absolute atomic E-state index is 11.0. The second-order valence-corrected chi connectivity index (χ2v) is 3.13. The molecule has 0 fully saturated rings. The summed E-state index contributed by atoms with van der Waals surface area (Å²) in [5.74, 6) is -0.221. The van der Waals surface area contributed by atoms with Crippen molar-refractivity contribution in [2.24, 2.45) is 0 Å². The number of nitro benzene ring substituents is 1. The number of benzene rings is 1. The molecule has 0 saturated carbocycles. The van der Waals surface area contributed by atoms with Crippen LogP contribution in [0.2, 0.25) is 0 Å². The van der Waals surface area contributed by atoms with Gasteiger partial charge in [-0.25, -0.2) is 0 Å². The first-order valence-electron chi connectivity index (χ1n) is 4.62. The lowest BCUT2D eigenvalue weighted by molar-refractivity contribution is -0.384. The van der Waals surface area contributed by atoms with Gasteiger partial charge >= 0.3 is 0 Å². The van der Waals surface area contributed by atoms with Gasteiger partial charge in [0.05, 0.1) is 4.92 Å². The molecule has 0 bridgehead atoms. The first kappa shape index (κ1) is 12.1. The molecule has 0 saturated heterocycles. The standard InChI is InChI=1S/C10H12N2O4/c1-16-7-10(13)11-6-8-2-4-9(5-3-8)12(14)15/h2-5H,6-7H2,1H3,(H,11,13). The zero-order valence-corrected chi connectivity index (χ0v) is 8.80. The zero-order chi connectivity index (χ0) is 12.0. The Bertz CT molecular complexity index is 375. The van der Waals surface area contributed by atoms with Crippen LogP contribution in [0.15, 0.2) is 24.3 Å². The summed E-state index contributed by atoms with van der Waals surface area (Å²) in [5, 5.41) is 13.0. The number of ether oxygens (including phenoxy) is 1. The van der Waals surface area contributed by atoms with Crippen molar-refractivity contribution in [3.05, 3.63) is 39.9 Å². The number of carbonyl (C=O) groups is 1. The first-order chi connectivity index (χ1) is 7.63. The number of amides is 1. The van der Waals surface area contributed by atoms with Crippen LogP contribution in [0.25, 0.3) is 0 Å². The maximum atomic E-state index is 11.0. The molecule has 0 aromatic heterocycles. The average molecular weight is 224 g/mol. The van der Waals surface area contributed by atoms with Gasteiger partial charge in [0, 0.05) is 25.8 Å². The topological polar surface area (TPSA) is 81.5 Å². The number of hydrogen-bond acceptors (Lipinski definition) is 4. The second-order valence-electron chi connectivity index (χ2n) is 3.13. The summed E-state index contributed by atoms with van der Waals surface area (Å²) in [6.45, 7) is 0.340. The van der Waals surface area contributed by atoms with E-state index < -0.39 is 4.92 Å². The quantitative estimate of drug-likeness (QED) is 0.594. The zero-order valence-electron chi connectivity index (χ0n) is 8.80. The van der Waals surface area contributed by atoms with Crippen molar-refractivity contribution in [2.45, 2.75) is 6.54 Å². The molecule has 6 nitrogen and oxygen atoms in total. The van der Waals surface area contributed by atoms with E-state index in [2.05, 4.69) is 10.1 Å². The highest BCUT2D eigenvalue weighted by Crippen LogP contribution is 2.11. The van der Waals surface area contributed by atoms with Crippen LogP contribution in [0, 0.1) is 10.1 Å². The molecule has 6 heteroatoms. The van der Waals surface area contributed by atoms with Gasteiger partial charge in [-0.15, -0.1) is 0 Å². The van der Waals surface area contributed by atoms with Gasteiger partial charge in [-0.05, 0) is 5.56 Å². The van der Waals surface area contributed by atoms with E-state index in [-0.39, 0.29) is 18.2 Å². The Morgan fingerprint density at radius 3 is 2.56 bits per heavy atom. The van der Waals surface area contributed by atoms with Crippen LogP contribution in [0.5, 0.6) is 0 Å². The summed E-state index contributed by atoms with van der Waals surface area (Å²) >= 11 is 0. The minimum atomic E-state index is -0.465. The molecule has 0 spiro atoms. The number of rotatable bonds is 5. The van der Waals surface area contributed by atoms with Crippen molar-refractivity contribution in [1.29, 1.82) is 0 Å². The molecular formula is C10H12N2O4. The van der Waals surface area contributed by atoms with E-state index in [0.717, 1.165) is 5.56 Å². The molecule has 0 atom stereocenters. The molecule has 1 rings (SSSR count). The van der Waals surface area contributed by atoms with Gasteiger partial charge in [0.15, 0.2) is 0 Å². The van der Waals surface area contributed by atoms with Crippen molar-refractivity contribution in [3.8, 4) is 0 Å². The van der Waals surface area contributed by atoms with Crippen LogP contribution in [0.3, 0.4) is 0 Å². The molecule has 16 heavy (non-hydrogen) atoms. The predicted octanol–water partition coefficient (Wildman–Crippen LogP) is 0.857. The van der Waals surface area contributed by atoms with Gasteiger partial charge in [0.2, 0.25) is 5.91 Å². The van der Waals surface area contributed by atoms with Gasteiger partial charge in [0.1, 0.15) is 6.61 Å². The summed E-state index contributed by atoms with van der Waals surface area (Å²) in [6.07, 6.45) is 0. The lowest BCUT2D eigenvalue weighted by Crippen LogP contribution is -2.26. The van der Waals surface area contributed by atoms with Gasteiger partial charge in [-0.3, -0.25) is 14.9 Å². The fraction of sp³-hybridized carbons (Fsp3) is 0.300. The van der Waals surface area contributed by atoms with Crippen LogP contribution in [-0.2, 0) is 16.1 Å². The largest absolute Gasteiger partial charge is 0.375 e. The van der Waals surface area contributed by atoms with Gasteiger partial charge in [0.25, 0.3) is 5.69 Å². The molecule has 0 radical (unpaired) electrons. The molecule has 1 aromatic rings. The van der Waals surface area contributed by atoms with Crippen molar-refractivity contribution in [3.63, 3.8) is 0 Å². The smallest absolute Gasteiger partial charge is 0.269 e. The molecule has 0 aliphatic carbocycles. The Morgan fingerprint density at radius 2 is 2.06 bits per heavy atom. The number of nitro groups is 1. The second kappa shape index (κ2) is 5.82. The summed E-state index contributed by atoms with van der Waals surface area (Å²) in [4.78, 5) is 21.0. The van der Waals surface area contributed by atoms with E-state index >= 15 is 0 Å². The first-order valence-corrected chi connectivity index (χ1v) is 4.62. The minimum absolute atomic E-state index is 0.00693. The normalized spacial score (nSPS) is 9.81. The Balaban J connectivity index is 2.49. The summed E-state index contributed by atoms with van der Waals surface area (Å²) in [7, 11) is 1.44. The van der Waals surface area contributed by atoms with Crippen LogP contribution in [0.1, 0.15) is 5.56 Å². The van der Waals surface area contributed by atoms with Gasteiger partial charge < -0.3 is 10.1 Å². The van der Waals surface area contributed by atoms with Crippen LogP contribution < -0.4 is 5.32 Å². The fourth-order valence-corrected chi connectivity index (χ4v) is 1.12.